The van der Waals surface area contributed by atoms with Crippen molar-refractivity contribution in [3.05, 3.63) is 0 Å². The molecule has 0 aromatic carbocycles. The van der Waals surface area contributed by atoms with Crippen molar-refractivity contribution < 1.29 is 14.4 Å². The van der Waals surface area contributed by atoms with Gasteiger partial charge < -0.3 is 10.0 Å². The fourth-order valence-corrected chi connectivity index (χ4v) is 1.38. The molecule has 1 saturated carbocycles. The van der Waals surface area contributed by atoms with Gasteiger partial charge in [-0.15, -0.1) is 0 Å². The highest BCUT2D eigenvalue weighted by atomic mass is 19.1. The van der Waals surface area contributed by atoms with Crippen LogP contribution in [0.4, 0.5) is 4.39 Å². The van der Waals surface area contributed by atoms with E-state index in [1.165, 1.54) is 0 Å². The predicted molar refractivity (Wildman–Crippen MR) is 37.3 cm³/mol. The van der Waals surface area contributed by atoms with E-state index in [1.54, 1.807) is 0 Å². The van der Waals surface area contributed by atoms with Gasteiger partial charge in [0.1, 0.15) is 6.17 Å². The monoisotopic (exact) mass is 146 g/mol. The average Bonchev–Trinajstić information content (AvgIpc) is 1.88. The molecule has 0 unspecified atom stereocenters. The van der Waals surface area contributed by atoms with Crippen LogP contribution in [0.2, 0.25) is 5.82 Å². The molecule has 1 rings (SSSR count). The molecule has 2 nitrogen and oxygen atoms in total. The second-order valence-electron chi connectivity index (χ2n) is 2.93. The zero-order valence-corrected chi connectivity index (χ0v) is 5.83. The van der Waals surface area contributed by atoms with E-state index in [0.29, 0.717) is 25.7 Å². The van der Waals surface area contributed by atoms with Gasteiger partial charge in [0.05, 0.1) is 0 Å². The molecule has 0 aromatic heterocycles. The smallest absolute Gasteiger partial charge is 0.427 e. The Balaban J connectivity index is 2.26. The standard InChI is InChI=1S/C6H12BFO2/c8-6-3-1-5(2-4-6)7(9)10/h5-6,9-10H,1-4H2. The van der Waals surface area contributed by atoms with E-state index in [-0.39, 0.29) is 5.82 Å². The Labute approximate surface area is 60.2 Å². The molecule has 1 aliphatic carbocycles. The molecule has 0 atom stereocenters. The minimum Gasteiger partial charge on any atom is -0.427 e. The van der Waals surface area contributed by atoms with Crippen LogP contribution < -0.4 is 0 Å². The summed E-state index contributed by atoms with van der Waals surface area (Å²) in [4.78, 5) is 0. The predicted octanol–water partition coefficient (Wildman–Crippen LogP) is 0.742. The highest BCUT2D eigenvalue weighted by Gasteiger charge is 2.28. The molecule has 0 heterocycles. The van der Waals surface area contributed by atoms with Crippen LogP contribution in [-0.4, -0.2) is 23.3 Å². The summed E-state index contributed by atoms with van der Waals surface area (Å²) >= 11 is 0. The molecular weight excluding hydrogens is 134 g/mol. The SMILES string of the molecule is OB(O)C1CCC(F)CC1. The van der Waals surface area contributed by atoms with Gasteiger partial charge in [-0.3, -0.25) is 0 Å². The third kappa shape index (κ3) is 1.95. The zero-order chi connectivity index (χ0) is 7.56. The maximum absolute atomic E-state index is 12.5. The second-order valence-corrected chi connectivity index (χ2v) is 2.93. The zero-order valence-electron chi connectivity index (χ0n) is 5.83. The van der Waals surface area contributed by atoms with E-state index < -0.39 is 13.3 Å². The van der Waals surface area contributed by atoms with Gasteiger partial charge in [0.15, 0.2) is 0 Å². The Hall–Kier alpha value is -0.0851. The molecule has 58 valence electrons. The van der Waals surface area contributed by atoms with Crippen molar-refractivity contribution in [1.82, 2.24) is 0 Å². The largest absolute Gasteiger partial charge is 0.454 e. The lowest BCUT2D eigenvalue weighted by atomic mass is 9.65. The summed E-state index contributed by atoms with van der Waals surface area (Å²) in [6, 6.07) is 0. The maximum atomic E-state index is 12.5. The molecule has 1 fully saturated rings. The van der Waals surface area contributed by atoms with Gasteiger partial charge in [-0.1, -0.05) is 0 Å². The third-order valence-corrected chi connectivity index (χ3v) is 2.12. The fourth-order valence-electron chi connectivity index (χ4n) is 1.38. The van der Waals surface area contributed by atoms with E-state index in [9.17, 15) is 4.39 Å². The Bertz CT molecular complexity index is 102. The lowest BCUT2D eigenvalue weighted by molar-refractivity contribution is 0.235. The Morgan fingerprint density at radius 2 is 1.60 bits per heavy atom. The Morgan fingerprint density at radius 1 is 1.10 bits per heavy atom. The number of halogens is 1. The normalized spacial score (nSPS) is 33.9. The van der Waals surface area contributed by atoms with Crippen molar-refractivity contribution in [3.63, 3.8) is 0 Å². The highest BCUT2D eigenvalue weighted by Crippen LogP contribution is 2.31. The minimum atomic E-state index is -1.24. The van der Waals surface area contributed by atoms with Crippen LogP contribution in [0.25, 0.3) is 0 Å². The van der Waals surface area contributed by atoms with Crippen LogP contribution in [-0.2, 0) is 0 Å². The van der Waals surface area contributed by atoms with Crippen LogP contribution in [0.3, 0.4) is 0 Å². The van der Waals surface area contributed by atoms with Gasteiger partial charge in [-0.05, 0) is 31.5 Å². The van der Waals surface area contributed by atoms with E-state index in [1.807, 2.05) is 0 Å². The summed E-state index contributed by atoms with van der Waals surface area (Å²) < 4.78 is 12.5. The molecule has 0 radical (unpaired) electrons. The van der Waals surface area contributed by atoms with Gasteiger partial charge in [-0.2, -0.15) is 0 Å². The van der Waals surface area contributed by atoms with Crippen molar-refractivity contribution in [1.29, 1.82) is 0 Å². The van der Waals surface area contributed by atoms with Crippen LogP contribution in [0.5, 0.6) is 0 Å². The van der Waals surface area contributed by atoms with Gasteiger partial charge in [0.2, 0.25) is 0 Å². The van der Waals surface area contributed by atoms with Crippen LogP contribution >= 0.6 is 0 Å². The molecule has 0 aromatic rings. The summed E-state index contributed by atoms with van der Waals surface area (Å²) in [7, 11) is -1.24. The van der Waals surface area contributed by atoms with E-state index >= 15 is 0 Å². The van der Waals surface area contributed by atoms with Gasteiger partial charge in [0.25, 0.3) is 0 Å². The van der Waals surface area contributed by atoms with Crippen molar-refractivity contribution in [2.75, 3.05) is 0 Å². The quantitative estimate of drug-likeness (QED) is 0.535. The summed E-state index contributed by atoms with van der Waals surface area (Å²) in [6.07, 6.45) is 1.48. The topological polar surface area (TPSA) is 40.5 Å². The van der Waals surface area contributed by atoms with E-state index in [0.717, 1.165) is 0 Å². The summed E-state index contributed by atoms with van der Waals surface area (Å²) in [5.74, 6) is -0.0907. The highest BCUT2D eigenvalue weighted by molar-refractivity contribution is 6.43. The first-order valence-corrected chi connectivity index (χ1v) is 3.70. The second kappa shape index (κ2) is 3.35. The maximum Gasteiger partial charge on any atom is 0.454 e. The average molecular weight is 146 g/mol. The van der Waals surface area contributed by atoms with Gasteiger partial charge in [0, 0.05) is 0 Å². The summed E-state index contributed by atoms with van der Waals surface area (Å²) in [6.45, 7) is 0. The van der Waals surface area contributed by atoms with Crippen molar-refractivity contribution in [2.24, 2.45) is 0 Å². The fraction of sp³-hybridized carbons (Fsp3) is 1.00. The molecule has 1 aliphatic rings. The van der Waals surface area contributed by atoms with Crippen molar-refractivity contribution in [3.8, 4) is 0 Å². The first-order chi connectivity index (χ1) is 4.70. The molecular formula is C6H12BFO2. The van der Waals surface area contributed by atoms with E-state index in [4.69, 9.17) is 10.0 Å². The molecule has 0 spiro atoms. The minimum absolute atomic E-state index is 0.0907. The first-order valence-electron chi connectivity index (χ1n) is 3.70. The van der Waals surface area contributed by atoms with Crippen molar-refractivity contribution >= 4 is 7.12 Å². The number of alkyl halides is 1. The molecule has 2 N–H and O–H groups in total. The van der Waals surface area contributed by atoms with Crippen LogP contribution in [0.1, 0.15) is 25.7 Å². The first kappa shape index (κ1) is 8.02. The number of hydrogen-bond donors (Lipinski definition) is 2. The summed E-state index contributed by atoms with van der Waals surface area (Å²) in [5.41, 5.74) is 0. The van der Waals surface area contributed by atoms with Crippen LogP contribution in [0.15, 0.2) is 0 Å². The number of hydrogen-bond acceptors (Lipinski definition) is 2. The third-order valence-electron chi connectivity index (χ3n) is 2.12. The Kier molecular flexibility index (Phi) is 2.68. The van der Waals surface area contributed by atoms with Gasteiger partial charge in [-0.25, -0.2) is 4.39 Å². The summed E-state index contributed by atoms with van der Waals surface area (Å²) in [5, 5.41) is 17.4. The van der Waals surface area contributed by atoms with Crippen molar-refractivity contribution in [2.45, 2.75) is 37.7 Å². The van der Waals surface area contributed by atoms with Gasteiger partial charge >= 0.3 is 7.12 Å². The number of rotatable bonds is 1. The molecule has 0 aliphatic heterocycles. The van der Waals surface area contributed by atoms with Crippen LogP contribution in [0, 0.1) is 0 Å². The molecule has 0 bridgehead atoms. The molecule has 0 amide bonds. The lowest BCUT2D eigenvalue weighted by Crippen LogP contribution is -2.25. The molecule has 10 heavy (non-hydrogen) atoms. The van der Waals surface area contributed by atoms with E-state index in [2.05, 4.69) is 0 Å². The lowest BCUT2D eigenvalue weighted by Gasteiger charge is -2.22. The molecule has 0 saturated heterocycles. The molecule has 4 heteroatoms. The Morgan fingerprint density at radius 3 is 2.00 bits per heavy atom.